The first-order valence-corrected chi connectivity index (χ1v) is 6.65. The normalized spacial score (nSPS) is 22.2. The summed E-state index contributed by atoms with van der Waals surface area (Å²) < 4.78 is 13.3. The van der Waals surface area contributed by atoms with Gasteiger partial charge in [-0.25, -0.2) is 4.39 Å². The number of nitrogens with zero attached hydrogens (tertiary/aromatic N) is 1. The molecule has 0 bridgehead atoms. The summed E-state index contributed by atoms with van der Waals surface area (Å²) in [6.07, 6.45) is 1.30. The van der Waals surface area contributed by atoms with Crippen molar-refractivity contribution in [3.63, 3.8) is 0 Å². The van der Waals surface area contributed by atoms with E-state index < -0.39 is 0 Å². The van der Waals surface area contributed by atoms with E-state index in [2.05, 4.69) is 18.9 Å². The number of thiocarbonyl (C=S) groups is 1. The first kappa shape index (κ1) is 13.4. The van der Waals surface area contributed by atoms with Crippen LogP contribution in [0.3, 0.4) is 0 Å². The monoisotopic (exact) mass is 266 g/mol. The van der Waals surface area contributed by atoms with Crippen LogP contribution in [0.2, 0.25) is 0 Å². The lowest BCUT2D eigenvalue weighted by atomic mass is 10.1. The van der Waals surface area contributed by atoms with E-state index in [-0.39, 0.29) is 5.82 Å². The summed E-state index contributed by atoms with van der Waals surface area (Å²) in [5.74, 6) is 1.38. The van der Waals surface area contributed by atoms with E-state index in [0.29, 0.717) is 11.5 Å². The number of halogens is 1. The van der Waals surface area contributed by atoms with Crippen LogP contribution >= 0.6 is 12.2 Å². The van der Waals surface area contributed by atoms with Crippen molar-refractivity contribution in [2.75, 3.05) is 13.6 Å². The van der Waals surface area contributed by atoms with Crippen LogP contribution < -0.4 is 5.73 Å². The Hall–Kier alpha value is -1.00. The summed E-state index contributed by atoms with van der Waals surface area (Å²) in [4.78, 5) is 2.54. The quantitative estimate of drug-likeness (QED) is 0.831. The van der Waals surface area contributed by atoms with Gasteiger partial charge in [0.05, 0.1) is 0 Å². The predicted molar refractivity (Wildman–Crippen MR) is 75.9 cm³/mol. The van der Waals surface area contributed by atoms with Crippen molar-refractivity contribution >= 4 is 17.2 Å². The van der Waals surface area contributed by atoms with Crippen LogP contribution in [-0.2, 0) is 6.54 Å². The minimum absolute atomic E-state index is 0.238. The van der Waals surface area contributed by atoms with E-state index in [4.69, 9.17) is 18.0 Å². The molecule has 1 fully saturated rings. The average Bonchev–Trinajstić information content (AvgIpc) is 2.93. The van der Waals surface area contributed by atoms with Gasteiger partial charge < -0.3 is 10.6 Å². The van der Waals surface area contributed by atoms with E-state index in [0.717, 1.165) is 29.5 Å². The number of rotatable bonds is 5. The van der Waals surface area contributed by atoms with Crippen LogP contribution in [0.5, 0.6) is 0 Å². The van der Waals surface area contributed by atoms with Crippen molar-refractivity contribution in [2.24, 2.45) is 17.6 Å². The molecule has 2 unspecified atom stereocenters. The molecule has 0 saturated heterocycles. The molecule has 0 amide bonds. The molecule has 2 nitrogen and oxygen atoms in total. The van der Waals surface area contributed by atoms with E-state index >= 15 is 0 Å². The third-order valence-corrected chi connectivity index (χ3v) is 3.82. The lowest BCUT2D eigenvalue weighted by Gasteiger charge is -2.18. The molecule has 0 aromatic heterocycles. The molecule has 1 aromatic rings. The first-order valence-electron chi connectivity index (χ1n) is 6.24. The second kappa shape index (κ2) is 5.33. The third kappa shape index (κ3) is 3.27. The summed E-state index contributed by atoms with van der Waals surface area (Å²) in [5.41, 5.74) is 7.32. The van der Waals surface area contributed by atoms with Crippen LogP contribution in [0, 0.1) is 17.7 Å². The van der Waals surface area contributed by atoms with Gasteiger partial charge in [0.15, 0.2) is 0 Å². The Morgan fingerprint density at radius 3 is 2.78 bits per heavy atom. The fraction of sp³-hybridized carbons (Fsp3) is 0.500. The zero-order chi connectivity index (χ0) is 13.3. The van der Waals surface area contributed by atoms with Gasteiger partial charge in [-0.3, -0.25) is 0 Å². The third-order valence-electron chi connectivity index (χ3n) is 3.60. The number of nitrogens with two attached hydrogens (primary N) is 1. The summed E-state index contributed by atoms with van der Waals surface area (Å²) in [6, 6.07) is 4.60. The lowest BCUT2D eigenvalue weighted by Crippen LogP contribution is -2.23. The fourth-order valence-corrected chi connectivity index (χ4v) is 2.54. The molecule has 0 aliphatic heterocycles. The van der Waals surface area contributed by atoms with Crippen molar-refractivity contribution in [2.45, 2.75) is 19.9 Å². The molecular weight excluding hydrogens is 247 g/mol. The Bertz CT molecular complexity index is 461. The Kier molecular flexibility index (Phi) is 3.97. The van der Waals surface area contributed by atoms with Crippen molar-refractivity contribution in [1.82, 2.24) is 4.90 Å². The molecule has 0 spiro atoms. The van der Waals surface area contributed by atoms with Crippen LogP contribution in [-0.4, -0.2) is 23.5 Å². The Morgan fingerprint density at radius 2 is 2.22 bits per heavy atom. The molecule has 4 heteroatoms. The molecule has 0 heterocycles. The summed E-state index contributed by atoms with van der Waals surface area (Å²) in [6.45, 7) is 4.00. The van der Waals surface area contributed by atoms with Crippen LogP contribution in [0.1, 0.15) is 24.5 Å². The maximum Gasteiger partial charge on any atom is 0.123 e. The average molecular weight is 266 g/mol. The highest BCUT2D eigenvalue weighted by Gasteiger charge is 2.33. The Morgan fingerprint density at radius 1 is 1.56 bits per heavy atom. The highest BCUT2D eigenvalue weighted by molar-refractivity contribution is 7.80. The van der Waals surface area contributed by atoms with Crippen LogP contribution in [0.15, 0.2) is 18.2 Å². The number of benzene rings is 1. The molecule has 98 valence electrons. The molecular formula is C14H19FN2S. The topological polar surface area (TPSA) is 29.3 Å². The number of hydrogen-bond acceptors (Lipinski definition) is 2. The molecule has 1 saturated carbocycles. The summed E-state index contributed by atoms with van der Waals surface area (Å²) >= 11 is 5.00. The molecule has 2 atom stereocenters. The molecule has 1 aromatic carbocycles. The van der Waals surface area contributed by atoms with Gasteiger partial charge in [0.2, 0.25) is 0 Å². The van der Waals surface area contributed by atoms with E-state index in [1.54, 1.807) is 6.07 Å². The smallest absolute Gasteiger partial charge is 0.123 e. The predicted octanol–water partition coefficient (Wildman–Crippen LogP) is 2.55. The Labute approximate surface area is 113 Å². The SMILES string of the molecule is CC1CC1CN(C)Cc1cc(F)ccc1C(N)=S. The van der Waals surface area contributed by atoms with E-state index in [9.17, 15) is 4.39 Å². The van der Waals surface area contributed by atoms with E-state index in [1.807, 2.05) is 0 Å². The zero-order valence-corrected chi connectivity index (χ0v) is 11.6. The van der Waals surface area contributed by atoms with Crippen molar-refractivity contribution < 1.29 is 4.39 Å². The van der Waals surface area contributed by atoms with Gasteiger partial charge in [-0.15, -0.1) is 0 Å². The van der Waals surface area contributed by atoms with Crippen LogP contribution in [0.25, 0.3) is 0 Å². The van der Waals surface area contributed by atoms with Gasteiger partial charge in [-0.1, -0.05) is 19.1 Å². The molecule has 1 aliphatic rings. The van der Waals surface area contributed by atoms with Crippen molar-refractivity contribution in [3.05, 3.63) is 35.1 Å². The summed E-state index contributed by atoms with van der Waals surface area (Å²) in [5, 5.41) is 0. The molecule has 0 radical (unpaired) electrons. The van der Waals surface area contributed by atoms with Crippen LogP contribution in [0.4, 0.5) is 4.39 Å². The van der Waals surface area contributed by atoms with Gasteiger partial charge in [0, 0.05) is 18.7 Å². The van der Waals surface area contributed by atoms with Gasteiger partial charge >= 0.3 is 0 Å². The standard InChI is InChI=1S/C14H19FN2S/c1-9-5-10(9)7-17(2)8-11-6-12(15)3-4-13(11)14(16)18/h3-4,6,9-10H,5,7-8H2,1-2H3,(H2,16,18). The van der Waals surface area contributed by atoms with Gasteiger partial charge in [0.1, 0.15) is 10.8 Å². The van der Waals surface area contributed by atoms with Gasteiger partial charge in [-0.05, 0) is 49.1 Å². The second-order valence-corrected chi connectivity index (χ2v) is 5.78. The second-order valence-electron chi connectivity index (χ2n) is 5.34. The molecule has 2 rings (SSSR count). The van der Waals surface area contributed by atoms with E-state index in [1.165, 1.54) is 18.6 Å². The van der Waals surface area contributed by atoms with Gasteiger partial charge in [0.25, 0.3) is 0 Å². The lowest BCUT2D eigenvalue weighted by molar-refractivity contribution is 0.307. The minimum atomic E-state index is -0.238. The zero-order valence-electron chi connectivity index (χ0n) is 10.8. The highest BCUT2D eigenvalue weighted by Crippen LogP contribution is 2.38. The maximum atomic E-state index is 13.3. The maximum absolute atomic E-state index is 13.3. The molecule has 2 N–H and O–H groups in total. The largest absolute Gasteiger partial charge is 0.389 e. The Balaban J connectivity index is 2.06. The first-order chi connectivity index (χ1) is 8.47. The highest BCUT2D eigenvalue weighted by atomic mass is 32.1. The minimum Gasteiger partial charge on any atom is -0.389 e. The fourth-order valence-electron chi connectivity index (χ4n) is 2.34. The summed E-state index contributed by atoms with van der Waals surface area (Å²) in [7, 11) is 2.05. The van der Waals surface area contributed by atoms with Crippen molar-refractivity contribution in [1.29, 1.82) is 0 Å². The van der Waals surface area contributed by atoms with Crippen molar-refractivity contribution in [3.8, 4) is 0 Å². The molecule has 18 heavy (non-hydrogen) atoms. The van der Waals surface area contributed by atoms with Gasteiger partial charge in [-0.2, -0.15) is 0 Å². The number of hydrogen-bond donors (Lipinski definition) is 1. The molecule has 1 aliphatic carbocycles.